The first kappa shape index (κ1) is 14.1. The van der Waals surface area contributed by atoms with Crippen molar-refractivity contribution in [1.29, 1.82) is 0 Å². The van der Waals surface area contributed by atoms with Gasteiger partial charge in [-0.25, -0.2) is 0 Å². The van der Waals surface area contributed by atoms with E-state index in [1.807, 2.05) is 6.07 Å². The van der Waals surface area contributed by atoms with Crippen LogP contribution in [0.2, 0.25) is 0 Å². The predicted molar refractivity (Wildman–Crippen MR) is 68.1 cm³/mol. The Morgan fingerprint density at radius 1 is 1.00 bits per heavy atom. The molecule has 5 heteroatoms. The van der Waals surface area contributed by atoms with Gasteiger partial charge in [-0.15, -0.1) is 0 Å². The highest BCUT2D eigenvalue weighted by molar-refractivity contribution is 6.01. The van der Waals surface area contributed by atoms with Crippen molar-refractivity contribution in [2.45, 2.75) is 13.1 Å². The molecule has 0 N–H and O–H groups in total. The third-order valence-corrected chi connectivity index (χ3v) is 2.68. The molecule has 0 heterocycles. The molecule has 0 aliphatic heterocycles. The predicted octanol–water partition coefficient (Wildman–Crippen LogP) is 4.53. The maximum Gasteiger partial charge on any atom is 0.454 e. The summed E-state index contributed by atoms with van der Waals surface area (Å²) in [5.41, 5.74) is -0.140. The van der Waals surface area contributed by atoms with Crippen LogP contribution in [0, 0.1) is 6.92 Å². The fourth-order valence-corrected chi connectivity index (χ4v) is 1.73. The Morgan fingerprint density at radius 2 is 1.65 bits per heavy atom. The molecule has 0 saturated carbocycles. The molecule has 0 unspecified atom stereocenters. The van der Waals surface area contributed by atoms with Crippen LogP contribution in [0.3, 0.4) is 0 Å². The van der Waals surface area contributed by atoms with Crippen LogP contribution in [0.1, 0.15) is 15.9 Å². The SMILES string of the molecule is Cc1cc(Oc2ccccc2)ccc1C(=O)C(F)(F)F. The number of alkyl halides is 3. The van der Waals surface area contributed by atoms with E-state index in [1.54, 1.807) is 24.3 Å². The van der Waals surface area contributed by atoms with Crippen molar-refractivity contribution in [3.8, 4) is 11.5 Å². The fraction of sp³-hybridized carbons (Fsp3) is 0.133. The van der Waals surface area contributed by atoms with Gasteiger partial charge in [0.25, 0.3) is 5.78 Å². The molecule has 0 fully saturated rings. The molecule has 0 aromatic heterocycles. The van der Waals surface area contributed by atoms with Crippen LogP contribution in [0.4, 0.5) is 13.2 Å². The normalized spacial score (nSPS) is 11.2. The summed E-state index contributed by atoms with van der Waals surface area (Å²) in [6.45, 7) is 1.44. The molecule has 0 amide bonds. The number of rotatable bonds is 3. The summed E-state index contributed by atoms with van der Waals surface area (Å²) in [4.78, 5) is 11.2. The van der Waals surface area contributed by atoms with E-state index in [0.29, 0.717) is 11.5 Å². The average molecular weight is 280 g/mol. The topological polar surface area (TPSA) is 26.3 Å². The molecule has 0 aliphatic rings. The average Bonchev–Trinajstić information content (AvgIpc) is 2.38. The number of Topliss-reactive ketones (excluding diaryl/α,β-unsaturated/α-hetero) is 1. The van der Waals surface area contributed by atoms with Crippen LogP contribution in [-0.4, -0.2) is 12.0 Å². The monoisotopic (exact) mass is 280 g/mol. The molecule has 2 aromatic carbocycles. The van der Waals surface area contributed by atoms with Crippen molar-refractivity contribution in [2.75, 3.05) is 0 Å². The fourth-order valence-electron chi connectivity index (χ4n) is 1.73. The van der Waals surface area contributed by atoms with Gasteiger partial charge in [0.1, 0.15) is 11.5 Å². The second-order valence-corrected chi connectivity index (χ2v) is 4.22. The first-order valence-corrected chi connectivity index (χ1v) is 5.83. The molecule has 0 bridgehead atoms. The summed E-state index contributed by atoms with van der Waals surface area (Å²) in [6.07, 6.45) is -4.87. The molecular formula is C15H11F3O2. The Morgan fingerprint density at radius 3 is 2.20 bits per heavy atom. The molecule has 2 rings (SSSR count). The second kappa shape index (κ2) is 5.36. The summed E-state index contributed by atoms with van der Waals surface area (Å²) < 4.78 is 42.6. The third kappa shape index (κ3) is 3.17. The van der Waals surface area contributed by atoms with Gasteiger partial charge >= 0.3 is 6.18 Å². The molecule has 0 spiro atoms. The minimum Gasteiger partial charge on any atom is -0.457 e. The van der Waals surface area contributed by atoms with Crippen LogP contribution >= 0.6 is 0 Å². The van der Waals surface area contributed by atoms with Crippen LogP contribution in [-0.2, 0) is 0 Å². The number of halogens is 3. The van der Waals surface area contributed by atoms with E-state index in [2.05, 4.69) is 0 Å². The van der Waals surface area contributed by atoms with E-state index in [-0.39, 0.29) is 11.1 Å². The molecule has 0 radical (unpaired) electrons. The van der Waals surface area contributed by atoms with Gasteiger partial charge in [0.15, 0.2) is 0 Å². The van der Waals surface area contributed by atoms with Gasteiger partial charge in [0.05, 0.1) is 0 Å². The highest BCUT2D eigenvalue weighted by Crippen LogP contribution is 2.27. The van der Waals surface area contributed by atoms with Crippen molar-refractivity contribution in [2.24, 2.45) is 0 Å². The second-order valence-electron chi connectivity index (χ2n) is 4.22. The van der Waals surface area contributed by atoms with Crippen molar-refractivity contribution in [3.63, 3.8) is 0 Å². The van der Waals surface area contributed by atoms with Gasteiger partial charge < -0.3 is 4.74 Å². The number of hydrogen-bond acceptors (Lipinski definition) is 2. The molecule has 0 aliphatic carbocycles. The van der Waals surface area contributed by atoms with Crippen molar-refractivity contribution >= 4 is 5.78 Å². The third-order valence-electron chi connectivity index (χ3n) is 2.68. The number of carbonyl (C=O) groups is 1. The molecule has 20 heavy (non-hydrogen) atoms. The van der Waals surface area contributed by atoms with Gasteiger partial charge in [-0.3, -0.25) is 4.79 Å². The zero-order valence-electron chi connectivity index (χ0n) is 10.6. The lowest BCUT2D eigenvalue weighted by atomic mass is 10.0. The Balaban J connectivity index is 2.24. The van der Waals surface area contributed by atoms with E-state index >= 15 is 0 Å². The van der Waals surface area contributed by atoms with Crippen LogP contribution in [0.15, 0.2) is 48.5 Å². The van der Waals surface area contributed by atoms with E-state index in [1.165, 1.54) is 19.1 Å². The van der Waals surface area contributed by atoms with Crippen molar-refractivity contribution in [3.05, 3.63) is 59.7 Å². The van der Waals surface area contributed by atoms with Crippen LogP contribution in [0.25, 0.3) is 0 Å². The number of benzene rings is 2. The van der Waals surface area contributed by atoms with Crippen molar-refractivity contribution < 1.29 is 22.7 Å². The quantitative estimate of drug-likeness (QED) is 0.772. The number of aryl methyl sites for hydroxylation is 1. The first-order chi connectivity index (χ1) is 9.38. The zero-order chi connectivity index (χ0) is 14.8. The minimum atomic E-state index is -4.87. The maximum atomic E-state index is 12.4. The number of carbonyl (C=O) groups excluding carboxylic acids is 1. The van der Waals surface area contributed by atoms with E-state index in [0.717, 1.165) is 6.07 Å². The number of ether oxygens (including phenoxy) is 1. The van der Waals surface area contributed by atoms with E-state index in [4.69, 9.17) is 4.74 Å². The van der Waals surface area contributed by atoms with Gasteiger partial charge in [0.2, 0.25) is 0 Å². The Labute approximate surface area is 113 Å². The van der Waals surface area contributed by atoms with Gasteiger partial charge in [-0.05, 0) is 42.8 Å². The highest BCUT2D eigenvalue weighted by Gasteiger charge is 2.39. The largest absolute Gasteiger partial charge is 0.457 e. The van der Waals surface area contributed by atoms with Gasteiger partial charge in [-0.1, -0.05) is 18.2 Å². The molecule has 104 valence electrons. The minimum absolute atomic E-state index is 0.223. The number of hydrogen-bond donors (Lipinski definition) is 0. The molecule has 2 aromatic rings. The lowest BCUT2D eigenvalue weighted by Crippen LogP contribution is -2.23. The highest BCUT2D eigenvalue weighted by atomic mass is 19.4. The summed E-state index contributed by atoms with van der Waals surface area (Å²) in [7, 11) is 0. The van der Waals surface area contributed by atoms with Crippen LogP contribution < -0.4 is 4.74 Å². The van der Waals surface area contributed by atoms with Crippen LogP contribution in [0.5, 0.6) is 11.5 Å². The Bertz CT molecular complexity index is 619. The Hall–Kier alpha value is -2.30. The summed E-state index contributed by atoms with van der Waals surface area (Å²) >= 11 is 0. The number of ketones is 1. The molecule has 0 atom stereocenters. The molecular weight excluding hydrogens is 269 g/mol. The molecule has 0 saturated heterocycles. The summed E-state index contributed by atoms with van der Waals surface area (Å²) in [6, 6.07) is 12.7. The van der Waals surface area contributed by atoms with Crippen molar-refractivity contribution in [1.82, 2.24) is 0 Å². The lowest BCUT2D eigenvalue weighted by Gasteiger charge is -2.10. The first-order valence-electron chi connectivity index (χ1n) is 5.83. The van der Waals surface area contributed by atoms with E-state index < -0.39 is 12.0 Å². The molecule has 2 nitrogen and oxygen atoms in total. The smallest absolute Gasteiger partial charge is 0.454 e. The summed E-state index contributed by atoms with van der Waals surface area (Å²) in [5.74, 6) is -0.893. The lowest BCUT2D eigenvalue weighted by molar-refractivity contribution is -0.0885. The van der Waals surface area contributed by atoms with Gasteiger partial charge in [-0.2, -0.15) is 13.2 Å². The van der Waals surface area contributed by atoms with E-state index in [9.17, 15) is 18.0 Å². The standard InChI is InChI=1S/C15H11F3O2/c1-10-9-12(20-11-5-3-2-4-6-11)7-8-13(10)14(19)15(16,17)18/h2-9H,1H3. The van der Waals surface area contributed by atoms with Gasteiger partial charge in [0, 0.05) is 5.56 Å². The maximum absolute atomic E-state index is 12.4. The Kier molecular flexibility index (Phi) is 3.79. The zero-order valence-corrected chi connectivity index (χ0v) is 10.6. The summed E-state index contributed by atoms with van der Waals surface area (Å²) in [5, 5.41) is 0. The number of para-hydroxylation sites is 1.